The molecule has 0 heterocycles. The van der Waals surface area contributed by atoms with Crippen LogP contribution in [0.5, 0.6) is 0 Å². The third-order valence-electron chi connectivity index (χ3n) is 4.46. The lowest BCUT2D eigenvalue weighted by Crippen LogP contribution is -2.08. The molecule has 0 radical (unpaired) electrons. The number of aryl methyl sites for hydroxylation is 2. The van der Waals surface area contributed by atoms with E-state index in [1.165, 1.54) is 33.4 Å². The van der Waals surface area contributed by atoms with Crippen molar-refractivity contribution in [3.8, 4) is 0 Å². The predicted molar refractivity (Wildman–Crippen MR) is 91.9 cm³/mol. The van der Waals surface area contributed by atoms with Gasteiger partial charge in [-0.15, -0.1) is 0 Å². The lowest BCUT2D eigenvalue weighted by molar-refractivity contribution is 0.742. The monoisotopic (exact) mass is 330 g/mol. The van der Waals surface area contributed by atoms with E-state index in [4.69, 9.17) is 0 Å². The molecule has 1 heteroatoms. The van der Waals surface area contributed by atoms with Gasteiger partial charge in [-0.25, -0.2) is 0 Å². The highest BCUT2D eigenvalue weighted by atomic mass is 79.9. The first kappa shape index (κ1) is 15.3. The van der Waals surface area contributed by atoms with E-state index in [1.54, 1.807) is 0 Å². The molecule has 0 N–H and O–H groups in total. The zero-order valence-electron chi connectivity index (χ0n) is 13.0. The SMILES string of the molecule is Cc1cc(C)c(C)c(C(Br)C(C)c2ccccc2)c1C. The van der Waals surface area contributed by atoms with Gasteiger partial charge in [0.25, 0.3) is 0 Å². The lowest BCUT2D eigenvalue weighted by atomic mass is 9.86. The molecule has 2 aromatic rings. The molecule has 2 unspecified atom stereocenters. The van der Waals surface area contributed by atoms with Gasteiger partial charge in [-0.2, -0.15) is 0 Å². The number of rotatable bonds is 3. The molecule has 0 fully saturated rings. The van der Waals surface area contributed by atoms with Gasteiger partial charge < -0.3 is 0 Å². The Bertz CT molecular complexity index is 573. The van der Waals surface area contributed by atoms with E-state index >= 15 is 0 Å². The summed E-state index contributed by atoms with van der Waals surface area (Å²) in [6.07, 6.45) is 0. The highest BCUT2D eigenvalue weighted by Gasteiger charge is 2.22. The second-order valence-corrected chi connectivity index (χ2v) is 6.76. The highest BCUT2D eigenvalue weighted by Crippen LogP contribution is 2.41. The Hall–Kier alpha value is -1.08. The van der Waals surface area contributed by atoms with Gasteiger partial charge >= 0.3 is 0 Å². The number of hydrogen-bond acceptors (Lipinski definition) is 0. The van der Waals surface area contributed by atoms with Gasteiger partial charge in [-0.1, -0.05) is 59.3 Å². The molecule has 0 aliphatic rings. The summed E-state index contributed by atoms with van der Waals surface area (Å²) in [5.74, 6) is 0.454. The van der Waals surface area contributed by atoms with E-state index in [9.17, 15) is 0 Å². The van der Waals surface area contributed by atoms with Crippen molar-refractivity contribution in [2.24, 2.45) is 0 Å². The number of hydrogen-bond donors (Lipinski definition) is 0. The van der Waals surface area contributed by atoms with Gasteiger partial charge in [0.2, 0.25) is 0 Å². The average Bonchev–Trinajstić information content (AvgIpc) is 2.45. The fourth-order valence-electron chi connectivity index (χ4n) is 2.84. The fraction of sp³-hybridized carbons (Fsp3) is 0.368. The van der Waals surface area contributed by atoms with Crippen LogP contribution in [-0.4, -0.2) is 0 Å². The first-order valence-corrected chi connectivity index (χ1v) is 8.11. The average molecular weight is 331 g/mol. The Labute approximate surface area is 131 Å². The Morgan fingerprint density at radius 3 is 1.85 bits per heavy atom. The van der Waals surface area contributed by atoms with Gasteiger partial charge in [0, 0.05) is 4.83 Å². The Balaban J connectivity index is 2.46. The minimum atomic E-state index is 0.350. The molecule has 0 aliphatic carbocycles. The maximum absolute atomic E-state index is 3.96. The van der Waals surface area contributed by atoms with Gasteiger partial charge in [0.05, 0.1) is 0 Å². The molecule has 2 atom stereocenters. The van der Waals surface area contributed by atoms with E-state index in [2.05, 4.69) is 86.9 Å². The zero-order valence-corrected chi connectivity index (χ0v) is 14.6. The summed E-state index contributed by atoms with van der Waals surface area (Å²) >= 11 is 3.96. The van der Waals surface area contributed by atoms with E-state index in [1.807, 2.05) is 0 Å². The van der Waals surface area contributed by atoms with Crippen LogP contribution >= 0.6 is 15.9 Å². The second-order valence-electron chi connectivity index (χ2n) is 5.78. The minimum Gasteiger partial charge on any atom is -0.0832 e. The van der Waals surface area contributed by atoms with Crippen LogP contribution in [0.25, 0.3) is 0 Å². The molecule has 0 amide bonds. The van der Waals surface area contributed by atoms with Gasteiger partial charge in [0.15, 0.2) is 0 Å². The van der Waals surface area contributed by atoms with Crippen molar-refractivity contribution in [1.29, 1.82) is 0 Å². The van der Waals surface area contributed by atoms with E-state index in [0.717, 1.165) is 0 Å². The first-order valence-electron chi connectivity index (χ1n) is 7.19. The molecule has 0 saturated heterocycles. The minimum absolute atomic E-state index is 0.350. The maximum atomic E-state index is 3.96. The maximum Gasteiger partial charge on any atom is 0.0466 e. The number of benzene rings is 2. The van der Waals surface area contributed by atoms with Crippen LogP contribution in [0.3, 0.4) is 0 Å². The van der Waals surface area contributed by atoms with Crippen molar-refractivity contribution >= 4 is 15.9 Å². The zero-order chi connectivity index (χ0) is 14.9. The van der Waals surface area contributed by atoms with Crippen LogP contribution in [-0.2, 0) is 0 Å². The molecule has 0 saturated carbocycles. The normalized spacial score (nSPS) is 14.1. The van der Waals surface area contributed by atoms with Crippen molar-refractivity contribution in [3.63, 3.8) is 0 Å². The molecule has 2 rings (SSSR count). The molecule has 0 spiro atoms. The molecule has 0 aliphatic heterocycles. The summed E-state index contributed by atoms with van der Waals surface area (Å²) in [4.78, 5) is 0.350. The van der Waals surface area contributed by atoms with Crippen molar-refractivity contribution < 1.29 is 0 Å². The predicted octanol–water partition coefficient (Wildman–Crippen LogP) is 6.16. The molecule has 0 aromatic heterocycles. The number of alkyl halides is 1. The molecule has 20 heavy (non-hydrogen) atoms. The summed E-state index contributed by atoms with van der Waals surface area (Å²) in [7, 11) is 0. The standard InChI is InChI=1S/C19H23Br/c1-12-11-13(2)15(4)18(14(12)3)19(20)16(5)17-9-7-6-8-10-17/h6-11,16,19H,1-5H3. The van der Waals surface area contributed by atoms with Crippen LogP contribution in [0.4, 0.5) is 0 Å². The van der Waals surface area contributed by atoms with Crippen LogP contribution in [0.15, 0.2) is 36.4 Å². The molecular formula is C19H23Br. The highest BCUT2D eigenvalue weighted by molar-refractivity contribution is 9.09. The van der Waals surface area contributed by atoms with Gasteiger partial charge in [-0.05, 0) is 67.0 Å². The topological polar surface area (TPSA) is 0 Å². The summed E-state index contributed by atoms with van der Waals surface area (Å²) < 4.78 is 0. The van der Waals surface area contributed by atoms with Crippen LogP contribution in [0.2, 0.25) is 0 Å². The largest absolute Gasteiger partial charge is 0.0832 e. The molecule has 0 nitrogen and oxygen atoms in total. The Morgan fingerprint density at radius 1 is 0.850 bits per heavy atom. The van der Waals surface area contributed by atoms with E-state index in [-0.39, 0.29) is 0 Å². The third kappa shape index (κ3) is 2.83. The lowest BCUT2D eigenvalue weighted by Gasteiger charge is -2.25. The fourth-order valence-corrected chi connectivity index (χ4v) is 3.83. The smallest absolute Gasteiger partial charge is 0.0466 e. The third-order valence-corrected chi connectivity index (χ3v) is 5.71. The molecule has 2 aromatic carbocycles. The Kier molecular flexibility index (Phi) is 4.70. The van der Waals surface area contributed by atoms with E-state index < -0.39 is 0 Å². The van der Waals surface area contributed by atoms with Crippen LogP contribution in [0, 0.1) is 27.7 Å². The van der Waals surface area contributed by atoms with E-state index in [0.29, 0.717) is 10.7 Å². The first-order chi connectivity index (χ1) is 9.43. The quantitative estimate of drug-likeness (QED) is 0.591. The Morgan fingerprint density at radius 2 is 1.35 bits per heavy atom. The second kappa shape index (κ2) is 6.13. The molecule has 106 valence electrons. The van der Waals surface area contributed by atoms with Crippen LogP contribution < -0.4 is 0 Å². The summed E-state index contributed by atoms with van der Waals surface area (Å²) in [5.41, 5.74) is 8.43. The van der Waals surface area contributed by atoms with Crippen molar-refractivity contribution in [2.45, 2.75) is 45.4 Å². The summed E-state index contributed by atoms with van der Waals surface area (Å²) in [5, 5.41) is 0. The van der Waals surface area contributed by atoms with Gasteiger partial charge in [-0.3, -0.25) is 0 Å². The van der Waals surface area contributed by atoms with Gasteiger partial charge in [0.1, 0.15) is 0 Å². The number of halogens is 1. The van der Waals surface area contributed by atoms with Crippen LogP contribution in [0.1, 0.15) is 51.0 Å². The van der Waals surface area contributed by atoms with Crippen molar-refractivity contribution in [3.05, 3.63) is 69.8 Å². The molecule has 0 bridgehead atoms. The van der Waals surface area contributed by atoms with Crippen molar-refractivity contribution in [2.75, 3.05) is 0 Å². The summed E-state index contributed by atoms with van der Waals surface area (Å²) in [6.45, 7) is 11.2. The summed E-state index contributed by atoms with van der Waals surface area (Å²) in [6, 6.07) is 13.0. The van der Waals surface area contributed by atoms with Crippen molar-refractivity contribution in [1.82, 2.24) is 0 Å². The molecular weight excluding hydrogens is 308 g/mol.